The summed E-state index contributed by atoms with van der Waals surface area (Å²) >= 11 is 0. The van der Waals surface area contributed by atoms with Crippen molar-refractivity contribution in [3.63, 3.8) is 0 Å². The largest absolute Gasteiger partial charge is 0.365 e. The fourth-order valence-corrected chi connectivity index (χ4v) is 2.54. The Morgan fingerprint density at radius 3 is 1.96 bits per heavy atom. The molecule has 2 rings (SSSR count). The van der Waals surface area contributed by atoms with Crippen LogP contribution in [0.4, 0.5) is 5.69 Å². The molecule has 2 aromatic carbocycles. The topological polar surface area (TPSA) is 36.8 Å². The minimum atomic E-state index is -0.182. The van der Waals surface area contributed by atoms with E-state index in [9.17, 15) is 0 Å². The molecular weight excluding hydrogens is 318 g/mol. The predicted octanol–water partition coefficient (Wildman–Crippen LogP) is 5.76. The van der Waals surface area contributed by atoms with Gasteiger partial charge in [0.05, 0.1) is 11.2 Å². The van der Waals surface area contributed by atoms with E-state index >= 15 is 0 Å². The van der Waals surface area contributed by atoms with Gasteiger partial charge in [-0.3, -0.25) is 9.98 Å². The number of nitrogens with zero attached hydrogens (tertiary/aromatic N) is 2. The first-order valence-electron chi connectivity index (χ1n) is 9.13. The van der Waals surface area contributed by atoms with Crippen LogP contribution in [0.3, 0.4) is 0 Å². The number of hydrogen-bond donors (Lipinski definition) is 1. The Morgan fingerprint density at radius 2 is 1.38 bits per heavy atom. The average Bonchev–Trinajstić information content (AvgIpc) is 2.53. The molecule has 1 N–H and O–H groups in total. The maximum absolute atomic E-state index is 4.94. The van der Waals surface area contributed by atoms with Crippen LogP contribution >= 0.6 is 0 Å². The summed E-state index contributed by atoms with van der Waals surface area (Å²) in [5.74, 6) is 0.880. The second-order valence-corrected chi connectivity index (χ2v) is 8.59. The van der Waals surface area contributed by atoms with Gasteiger partial charge < -0.3 is 5.32 Å². The number of benzene rings is 2. The third kappa shape index (κ3) is 6.14. The summed E-state index contributed by atoms with van der Waals surface area (Å²) in [7, 11) is 0. The monoisotopic (exact) mass is 349 g/mol. The van der Waals surface area contributed by atoms with E-state index in [0.717, 1.165) is 28.4 Å². The van der Waals surface area contributed by atoms with Crippen LogP contribution in [0.25, 0.3) is 0 Å². The van der Waals surface area contributed by atoms with Gasteiger partial charge in [-0.25, -0.2) is 0 Å². The van der Waals surface area contributed by atoms with Gasteiger partial charge in [0, 0.05) is 16.8 Å². The van der Waals surface area contributed by atoms with Gasteiger partial charge in [-0.2, -0.15) is 0 Å². The molecule has 0 bridgehead atoms. The maximum atomic E-state index is 4.94. The first-order valence-corrected chi connectivity index (χ1v) is 9.13. The van der Waals surface area contributed by atoms with Crippen molar-refractivity contribution in [3.8, 4) is 0 Å². The summed E-state index contributed by atoms with van der Waals surface area (Å²) in [6.07, 6.45) is 0. The van der Waals surface area contributed by atoms with Crippen molar-refractivity contribution in [1.82, 2.24) is 5.32 Å². The number of aliphatic imine (C=N–C) groups is 2. The van der Waals surface area contributed by atoms with Crippen molar-refractivity contribution in [2.45, 2.75) is 59.5 Å². The van der Waals surface area contributed by atoms with Gasteiger partial charge >= 0.3 is 0 Å². The highest BCUT2D eigenvalue weighted by atomic mass is 15.1. The standard InChI is InChI=1S/C23H31N3/c1-17(18-13-9-8-10-14-18)24-20-16-12-11-15-19(20)21(25-22(2,3)4)26-23(5,6)7/h8-16H,1-7H3,(H,25,26). The Kier molecular flexibility index (Phi) is 6.01. The number of nitrogens with one attached hydrogen (secondary N) is 1. The van der Waals surface area contributed by atoms with Gasteiger partial charge in [0.2, 0.25) is 0 Å². The van der Waals surface area contributed by atoms with Crippen molar-refractivity contribution in [3.05, 3.63) is 65.7 Å². The van der Waals surface area contributed by atoms with Gasteiger partial charge in [-0.15, -0.1) is 0 Å². The summed E-state index contributed by atoms with van der Waals surface area (Å²) in [6, 6.07) is 18.4. The average molecular weight is 350 g/mol. The van der Waals surface area contributed by atoms with E-state index in [2.05, 4.69) is 65.1 Å². The van der Waals surface area contributed by atoms with Crippen LogP contribution in [0.5, 0.6) is 0 Å². The quantitative estimate of drug-likeness (QED) is 0.555. The predicted molar refractivity (Wildman–Crippen MR) is 114 cm³/mol. The molecule has 0 heterocycles. The molecule has 0 aromatic heterocycles. The summed E-state index contributed by atoms with van der Waals surface area (Å²) in [5.41, 5.74) is 3.79. The van der Waals surface area contributed by atoms with E-state index in [4.69, 9.17) is 9.98 Å². The molecule has 0 unspecified atom stereocenters. The molecule has 0 atom stereocenters. The molecule has 3 nitrogen and oxygen atoms in total. The SMILES string of the molecule is CC(=Nc1ccccc1C(=NC(C)(C)C)NC(C)(C)C)c1ccccc1. The Balaban J connectivity index is 2.53. The van der Waals surface area contributed by atoms with E-state index in [1.807, 2.05) is 43.3 Å². The second kappa shape index (κ2) is 7.86. The van der Waals surface area contributed by atoms with Crippen molar-refractivity contribution in [2.24, 2.45) is 9.98 Å². The number of hydrogen-bond acceptors (Lipinski definition) is 2. The van der Waals surface area contributed by atoms with Crippen LogP contribution in [0, 0.1) is 0 Å². The molecule has 0 spiro atoms. The second-order valence-electron chi connectivity index (χ2n) is 8.59. The zero-order valence-electron chi connectivity index (χ0n) is 17.1. The van der Waals surface area contributed by atoms with E-state index in [1.165, 1.54) is 0 Å². The van der Waals surface area contributed by atoms with E-state index in [0.29, 0.717) is 0 Å². The lowest BCUT2D eigenvalue weighted by Gasteiger charge is -2.26. The van der Waals surface area contributed by atoms with Gasteiger partial charge in [0.15, 0.2) is 0 Å². The normalized spacial score (nSPS) is 13.7. The minimum absolute atomic E-state index is 0.0879. The molecule has 2 aromatic rings. The van der Waals surface area contributed by atoms with Gasteiger partial charge in [0.1, 0.15) is 5.84 Å². The van der Waals surface area contributed by atoms with Gasteiger partial charge in [-0.05, 0) is 66.2 Å². The summed E-state index contributed by atoms with van der Waals surface area (Å²) < 4.78 is 0. The molecule has 138 valence electrons. The van der Waals surface area contributed by atoms with Crippen molar-refractivity contribution < 1.29 is 0 Å². The lowest BCUT2D eigenvalue weighted by Crippen LogP contribution is -2.42. The van der Waals surface area contributed by atoms with Gasteiger partial charge in [-0.1, -0.05) is 42.5 Å². The lowest BCUT2D eigenvalue weighted by molar-refractivity contribution is 0.502. The number of amidine groups is 1. The maximum Gasteiger partial charge on any atom is 0.131 e. The molecular formula is C23H31N3. The van der Waals surface area contributed by atoms with Crippen LogP contribution in [0.1, 0.15) is 59.6 Å². The highest BCUT2D eigenvalue weighted by molar-refractivity contribution is 6.06. The highest BCUT2D eigenvalue weighted by Crippen LogP contribution is 2.23. The molecule has 26 heavy (non-hydrogen) atoms. The van der Waals surface area contributed by atoms with Crippen LogP contribution in [0.15, 0.2) is 64.6 Å². The first-order chi connectivity index (χ1) is 12.1. The van der Waals surface area contributed by atoms with E-state index in [-0.39, 0.29) is 11.1 Å². The smallest absolute Gasteiger partial charge is 0.131 e. The molecule has 0 saturated carbocycles. The fraction of sp³-hybridized carbons (Fsp3) is 0.391. The molecule has 0 fully saturated rings. The molecule has 0 saturated heterocycles. The van der Waals surface area contributed by atoms with Gasteiger partial charge in [0.25, 0.3) is 0 Å². The summed E-state index contributed by atoms with van der Waals surface area (Å²) in [5, 5.41) is 3.56. The third-order valence-corrected chi connectivity index (χ3v) is 3.58. The lowest BCUT2D eigenvalue weighted by atomic mass is 10.0. The summed E-state index contributed by atoms with van der Waals surface area (Å²) in [4.78, 5) is 9.85. The van der Waals surface area contributed by atoms with Crippen LogP contribution in [-0.4, -0.2) is 22.6 Å². The highest BCUT2D eigenvalue weighted by Gasteiger charge is 2.19. The Hall–Kier alpha value is -2.42. The molecule has 3 heteroatoms. The minimum Gasteiger partial charge on any atom is -0.365 e. The molecule has 0 aliphatic heterocycles. The van der Waals surface area contributed by atoms with Crippen LogP contribution < -0.4 is 5.32 Å². The third-order valence-electron chi connectivity index (χ3n) is 3.58. The molecule has 0 radical (unpaired) electrons. The fourth-order valence-electron chi connectivity index (χ4n) is 2.54. The Morgan fingerprint density at radius 1 is 0.808 bits per heavy atom. The van der Waals surface area contributed by atoms with E-state index < -0.39 is 0 Å². The van der Waals surface area contributed by atoms with Crippen molar-refractivity contribution in [2.75, 3.05) is 0 Å². The number of para-hydroxylation sites is 1. The molecule has 0 aliphatic rings. The zero-order chi connectivity index (χ0) is 19.4. The summed E-state index contributed by atoms with van der Waals surface area (Å²) in [6.45, 7) is 14.8. The van der Waals surface area contributed by atoms with Crippen molar-refractivity contribution >= 4 is 17.2 Å². The Labute approximate surface area is 158 Å². The zero-order valence-corrected chi connectivity index (χ0v) is 17.1. The number of rotatable bonds is 3. The van der Waals surface area contributed by atoms with Crippen LogP contribution in [0.2, 0.25) is 0 Å². The molecule has 0 aliphatic carbocycles. The van der Waals surface area contributed by atoms with Crippen molar-refractivity contribution in [1.29, 1.82) is 0 Å². The Bertz CT molecular complexity index is 788. The molecule has 0 amide bonds. The van der Waals surface area contributed by atoms with E-state index in [1.54, 1.807) is 0 Å². The first kappa shape index (κ1) is 19.9. The van der Waals surface area contributed by atoms with Crippen LogP contribution in [-0.2, 0) is 0 Å².